The fourth-order valence-corrected chi connectivity index (χ4v) is 1.09. The van der Waals surface area contributed by atoms with Crippen molar-refractivity contribution in [2.75, 3.05) is 12.3 Å². The summed E-state index contributed by atoms with van der Waals surface area (Å²) >= 11 is 0. The van der Waals surface area contributed by atoms with Crippen LogP contribution in [0.15, 0.2) is 18.2 Å². The second kappa shape index (κ2) is 4.75. The predicted molar refractivity (Wildman–Crippen MR) is 56.0 cm³/mol. The van der Waals surface area contributed by atoms with Crippen LogP contribution in [0.4, 0.5) is 5.69 Å². The molecule has 0 amide bonds. The van der Waals surface area contributed by atoms with Crippen LogP contribution in [0.3, 0.4) is 0 Å². The zero-order valence-corrected chi connectivity index (χ0v) is 8.34. The Morgan fingerprint density at radius 2 is 2.15 bits per heavy atom. The van der Waals surface area contributed by atoms with Gasteiger partial charge in [0, 0.05) is 0 Å². The molecule has 1 aromatic carbocycles. The van der Waals surface area contributed by atoms with Crippen LogP contribution in [0, 0.1) is 6.92 Å². The molecule has 0 atom stereocenters. The lowest BCUT2D eigenvalue weighted by Crippen LogP contribution is -1.99. The normalized spacial score (nSPS) is 10.0. The van der Waals surface area contributed by atoms with Crippen LogP contribution in [-0.2, 0) is 0 Å². The lowest BCUT2D eigenvalue weighted by Gasteiger charge is -2.08. The molecule has 72 valence electrons. The minimum atomic E-state index is 0.724. The quantitative estimate of drug-likeness (QED) is 0.569. The number of ether oxygens (including phenoxy) is 1. The molecule has 1 rings (SSSR count). The predicted octanol–water partition coefficient (Wildman–Crippen LogP) is 2.76. The van der Waals surface area contributed by atoms with Crippen molar-refractivity contribution in [2.24, 2.45) is 0 Å². The van der Waals surface area contributed by atoms with Crippen molar-refractivity contribution in [3.05, 3.63) is 23.8 Å². The van der Waals surface area contributed by atoms with Crippen molar-refractivity contribution >= 4 is 5.69 Å². The molecule has 0 aliphatic rings. The van der Waals surface area contributed by atoms with E-state index in [0.717, 1.165) is 30.9 Å². The van der Waals surface area contributed by atoms with Crippen molar-refractivity contribution in [3.8, 4) is 5.75 Å². The van der Waals surface area contributed by atoms with Gasteiger partial charge in [0.25, 0.3) is 0 Å². The molecular weight excluding hydrogens is 162 g/mol. The van der Waals surface area contributed by atoms with Crippen LogP contribution in [0.2, 0.25) is 0 Å². The van der Waals surface area contributed by atoms with Crippen LogP contribution in [-0.4, -0.2) is 6.61 Å². The Balaban J connectivity index is 2.59. The smallest absolute Gasteiger partial charge is 0.142 e. The highest BCUT2D eigenvalue weighted by Crippen LogP contribution is 2.22. The number of hydrogen-bond acceptors (Lipinski definition) is 2. The third-order valence-corrected chi connectivity index (χ3v) is 1.92. The van der Waals surface area contributed by atoms with Crippen molar-refractivity contribution in [3.63, 3.8) is 0 Å². The van der Waals surface area contributed by atoms with Gasteiger partial charge in [0.15, 0.2) is 0 Å². The molecule has 0 heterocycles. The molecule has 0 bridgehead atoms. The van der Waals surface area contributed by atoms with E-state index in [0.29, 0.717) is 0 Å². The van der Waals surface area contributed by atoms with Crippen LogP contribution in [0.25, 0.3) is 0 Å². The van der Waals surface area contributed by atoms with Crippen LogP contribution in [0.5, 0.6) is 5.75 Å². The van der Waals surface area contributed by atoms with Gasteiger partial charge in [-0.25, -0.2) is 0 Å². The highest BCUT2D eigenvalue weighted by Gasteiger charge is 1.99. The number of hydrogen-bond donors (Lipinski definition) is 1. The molecule has 2 heteroatoms. The number of aryl methyl sites for hydroxylation is 1. The SMILES string of the molecule is CCCCOc1cc(C)ccc1N. The molecule has 0 saturated carbocycles. The molecule has 1 aromatic rings. The van der Waals surface area contributed by atoms with E-state index < -0.39 is 0 Å². The van der Waals surface area contributed by atoms with E-state index in [1.165, 1.54) is 5.56 Å². The minimum absolute atomic E-state index is 0.724. The van der Waals surface area contributed by atoms with Crippen LogP contribution >= 0.6 is 0 Å². The van der Waals surface area contributed by atoms with Gasteiger partial charge in [-0.1, -0.05) is 19.4 Å². The van der Waals surface area contributed by atoms with Crippen molar-refractivity contribution in [2.45, 2.75) is 26.7 Å². The molecule has 0 spiro atoms. The zero-order valence-electron chi connectivity index (χ0n) is 8.34. The van der Waals surface area contributed by atoms with Crippen LogP contribution in [0.1, 0.15) is 25.3 Å². The molecule has 2 N–H and O–H groups in total. The van der Waals surface area contributed by atoms with Gasteiger partial charge in [-0.15, -0.1) is 0 Å². The van der Waals surface area contributed by atoms with Crippen LogP contribution < -0.4 is 10.5 Å². The number of anilines is 1. The molecule has 0 aliphatic carbocycles. The topological polar surface area (TPSA) is 35.2 Å². The summed E-state index contributed by atoms with van der Waals surface area (Å²) in [6.45, 7) is 4.93. The van der Waals surface area contributed by atoms with E-state index in [9.17, 15) is 0 Å². The van der Waals surface area contributed by atoms with E-state index in [4.69, 9.17) is 10.5 Å². The number of benzene rings is 1. The summed E-state index contributed by atoms with van der Waals surface area (Å²) in [4.78, 5) is 0. The Hall–Kier alpha value is -1.18. The number of rotatable bonds is 4. The molecule has 0 unspecified atom stereocenters. The average Bonchev–Trinajstić information content (AvgIpc) is 2.11. The monoisotopic (exact) mass is 179 g/mol. The molecule has 2 nitrogen and oxygen atoms in total. The maximum atomic E-state index is 5.75. The van der Waals surface area contributed by atoms with Gasteiger partial charge in [0.05, 0.1) is 12.3 Å². The lowest BCUT2D eigenvalue weighted by atomic mass is 10.2. The van der Waals surface area contributed by atoms with E-state index in [1.807, 2.05) is 25.1 Å². The maximum Gasteiger partial charge on any atom is 0.142 e. The third-order valence-electron chi connectivity index (χ3n) is 1.92. The fraction of sp³-hybridized carbons (Fsp3) is 0.455. The molecule has 0 fully saturated rings. The van der Waals surface area contributed by atoms with Gasteiger partial charge in [-0.3, -0.25) is 0 Å². The third kappa shape index (κ3) is 2.98. The number of nitrogens with two attached hydrogens (primary N) is 1. The molecule has 0 aliphatic heterocycles. The Bertz CT molecular complexity index is 271. The Labute approximate surface area is 79.7 Å². The molecular formula is C11H17NO. The summed E-state index contributed by atoms with van der Waals surface area (Å²) in [5.74, 6) is 0.813. The zero-order chi connectivity index (χ0) is 9.68. The van der Waals surface area contributed by atoms with Gasteiger partial charge in [-0.2, -0.15) is 0 Å². The lowest BCUT2D eigenvalue weighted by molar-refractivity contribution is 0.311. The number of unbranched alkanes of at least 4 members (excludes halogenated alkanes) is 1. The standard InChI is InChI=1S/C11H17NO/c1-3-4-7-13-11-8-9(2)5-6-10(11)12/h5-6,8H,3-4,7,12H2,1-2H3. The van der Waals surface area contributed by atoms with E-state index >= 15 is 0 Å². The maximum absolute atomic E-state index is 5.75. The molecule has 0 saturated heterocycles. The van der Waals surface area contributed by atoms with Gasteiger partial charge < -0.3 is 10.5 Å². The van der Waals surface area contributed by atoms with Crippen molar-refractivity contribution in [1.29, 1.82) is 0 Å². The minimum Gasteiger partial charge on any atom is -0.491 e. The second-order valence-corrected chi connectivity index (χ2v) is 3.24. The summed E-state index contributed by atoms with van der Waals surface area (Å²) in [7, 11) is 0. The second-order valence-electron chi connectivity index (χ2n) is 3.24. The first-order valence-electron chi connectivity index (χ1n) is 4.73. The highest BCUT2D eigenvalue weighted by atomic mass is 16.5. The van der Waals surface area contributed by atoms with E-state index in [2.05, 4.69) is 6.92 Å². The molecule has 0 radical (unpaired) electrons. The summed E-state index contributed by atoms with van der Waals surface area (Å²) in [5, 5.41) is 0. The summed E-state index contributed by atoms with van der Waals surface area (Å²) in [6.07, 6.45) is 2.22. The summed E-state index contributed by atoms with van der Waals surface area (Å²) in [5.41, 5.74) is 7.65. The summed E-state index contributed by atoms with van der Waals surface area (Å²) < 4.78 is 5.53. The van der Waals surface area contributed by atoms with E-state index in [1.54, 1.807) is 0 Å². The first-order chi connectivity index (χ1) is 6.24. The van der Waals surface area contributed by atoms with Gasteiger partial charge in [0.1, 0.15) is 5.75 Å². The van der Waals surface area contributed by atoms with Gasteiger partial charge in [-0.05, 0) is 31.0 Å². The van der Waals surface area contributed by atoms with Gasteiger partial charge >= 0.3 is 0 Å². The van der Waals surface area contributed by atoms with E-state index in [-0.39, 0.29) is 0 Å². The average molecular weight is 179 g/mol. The highest BCUT2D eigenvalue weighted by molar-refractivity contribution is 5.53. The molecule has 0 aromatic heterocycles. The Morgan fingerprint density at radius 1 is 1.38 bits per heavy atom. The van der Waals surface area contributed by atoms with Crippen molar-refractivity contribution < 1.29 is 4.74 Å². The first kappa shape index (κ1) is 9.90. The Morgan fingerprint density at radius 3 is 2.85 bits per heavy atom. The van der Waals surface area contributed by atoms with Gasteiger partial charge in [0.2, 0.25) is 0 Å². The van der Waals surface area contributed by atoms with Crippen molar-refractivity contribution in [1.82, 2.24) is 0 Å². The first-order valence-corrected chi connectivity index (χ1v) is 4.73. The Kier molecular flexibility index (Phi) is 3.62. The fourth-order valence-electron chi connectivity index (χ4n) is 1.09. The summed E-state index contributed by atoms with van der Waals surface area (Å²) in [6, 6.07) is 5.85. The number of nitrogen functional groups attached to an aromatic ring is 1. The molecule has 13 heavy (non-hydrogen) atoms. The largest absolute Gasteiger partial charge is 0.491 e.